The first kappa shape index (κ1) is 13.8. The molecule has 19 heavy (non-hydrogen) atoms. The Labute approximate surface area is 111 Å². The molecule has 0 radical (unpaired) electrons. The van der Waals surface area contributed by atoms with Crippen LogP contribution in [0.3, 0.4) is 0 Å². The van der Waals surface area contributed by atoms with Gasteiger partial charge < -0.3 is 25.1 Å². The van der Waals surface area contributed by atoms with Crippen LogP contribution in [0.4, 0.5) is 6.01 Å². The molecule has 1 aromatic heterocycles. The molecule has 2 rings (SSSR count). The molecule has 1 unspecified atom stereocenters. The van der Waals surface area contributed by atoms with Gasteiger partial charge in [0.25, 0.3) is 0 Å². The van der Waals surface area contributed by atoms with Crippen LogP contribution in [0.2, 0.25) is 0 Å². The summed E-state index contributed by atoms with van der Waals surface area (Å²) >= 11 is 0. The minimum absolute atomic E-state index is 0.338. The van der Waals surface area contributed by atoms with E-state index in [1.165, 1.54) is 0 Å². The van der Waals surface area contributed by atoms with Crippen molar-refractivity contribution in [1.29, 1.82) is 0 Å². The first-order valence-corrected chi connectivity index (χ1v) is 6.30. The van der Waals surface area contributed by atoms with E-state index < -0.39 is 0 Å². The smallest absolute Gasteiger partial charge is 0.318 e. The molecule has 106 valence electrons. The Morgan fingerprint density at radius 3 is 3.21 bits per heavy atom. The maximum atomic E-state index is 11.3. The molecule has 1 aromatic rings. The number of aromatic nitrogens is 2. The standard InChI is InChI=1S/C11H19N5O3/c1-18-6-4-13-7-9-14-15-11(19-9)16-5-2-3-8(16)10(12)17/h8,13H,2-7H2,1H3,(H2,12,17). The van der Waals surface area contributed by atoms with Crippen LogP contribution in [0.1, 0.15) is 18.7 Å². The molecule has 0 bridgehead atoms. The molecular weight excluding hydrogens is 250 g/mol. The molecule has 1 atom stereocenters. The molecule has 2 heterocycles. The third-order valence-corrected chi connectivity index (χ3v) is 3.04. The lowest BCUT2D eigenvalue weighted by molar-refractivity contribution is -0.119. The summed E-state index contributed by atoms with van der Waals surface area (Å²) in [6.45, 7) is 2.52. The number of carbonyl (C=O) groups excluding carboxylic acids is 1. The lowest BCUT2D eigenvalue weighted by Gasteiger charge is -2.18. The zero-order valence-corrected chi connectivity index (χ0v) is 11.0. The number of anilines is 1. The third-order valence-electron chi connectivity index (χ3n) is 3.04. The van der Waals surface area contributed by atoms with Crippen LogP contribution in [0.25, 0.3) is 0 Å². The van der Waals surface area contributed by atoms with Crippen molar-refractivity contribution in [3.05, 3.63) is 5.89 Å². The number of carbonyl (C=O) groups is 1. The Morgan fingerprint density at radius 2 is 2.47 bits per heavy atom. The minimum Gasteiger partial charge on any atom is -0.407 e. The van der Waals surface area contributed by atoms with E-state index in [1.807, 2.05) is 0 Å². The molecule has 0 aromatic carbocycles. The second-order valence-corrected chi connectivity index (χ2v) is 4.40. The number of primary amides is 1. The van der Waals surface area contributed by atoms with Gasteiger partial charge in [-0.1, -0.05) is 5.10 Å². The van der Waals surface area contributed by atoms with E-state index in [4.69, 9.17) is 14.9 Å². The van der Waals surface area contributed by atoms with Gasteiger partial charge in [-0.15, -0.1) is 5.10 Å². The van der Waals surface area contributed by atoms with Crippen LogP contribution in [0.15, 0.2) is 4.42 Å². The van der Waals surface area contributed by atoms with E-state index in [9.17, 15) is 4.79 Å². The van der Waals surface area contributed by atoms with Gasteiger partial charge in [-0.05, 0) is 12.8 Å². The average Bonchev–Trinajstić information content (AvgIpc) is 3.02. The number of rotatable bonds is 7. The quantitative estimate of drug-likeness (QED) is 0.628. The summed E-state index contributed by atoms with van der Waals surface area (Å²) in [7, 11) is 1.64. The second-order valence-electron chi connectivity index (χ2n) is 4.40. The van der Waals surface area contributed by atoms with Crippen LogP contribution in [0.5, 0.6) is 0 Å². The lowest BCUT2D eigenvalue weighted by Crippen LogP contribution is -2.40. The van der Waals surface area contributed by atoms with Crippen molar-refractivity contribution in [2.24, 2.45) is 5.73 Å². The zero-order chi connectivity index (χ0) is 13.7. The van der Waals surface area contributed by atoms with Gasteiger partial charge >= 0.3 is 6.01 Å². The Morgan fingerprint density at radius 1 is 1.63 bits per heavy atom. The van der Waals surface area contributed by atoms with Crippen molar-refractivity contribution in [2.75, 3.05) is 31.7 Å². The molecule has 1 aliphatic rings. The summed E-state index contributed by atoms with van der Waals surface area (Å²) in [5.41, 5.74) is 5.35. The van der Waals surface area contributed by atoms with Crippen molar-refractivity contribution in [3.63, 3.8) is 0 Å². The largest absolute Gasteiger partial charge is 0.407 e. The van der Waals surface area contributed by atoms with E-state index in [2.05, 4.69) is 15.5 Å². The van der Waals surface area contributed by atoms with Crippen LogP contribution < -0.4 is 16.0 Å². The third kappa shape index (κ3) is 3.42. The second kappa shape index (κ2) is 6.48. The zero-order valence-electron chi connectivity index (χ0n) is 11.0. The molecule has 1 aliphatic heterocycles. The highest BCUT2D eigenvalue weighted by Gasteiger charge is 2.32. The molecular formula is C11H19N5O3. The highest BCUT2D eigenvalue weighted by molar-refractivity contribution is 5.83. The van der Waals surface area contributed by atoms with Crippen LogP contribution >= 0.6 is 0 Å². The van der Waals surface area contributed by atoms with Gasteiger partial charge in [-0.3, -0.25) is 4.79 Å². The van der Waals surface area contributed by atoms with Crippen molar-refractivity contribution in [3.8, 4) is 0 Å². The van der Waals surface area contributed by atoms with Gasteiger partial charge in [0.2, 0.25) is 11.8 Å². The molecule has 1 saturated heterocycles. The fourth-order valence-electron chi connectivity index (χ4n) is 2.09. The van der Waals surface area contributed by atoms with E-state index in [0.29, 0.717) is 38.1 Å². The summed E-state index contributed by atoms with van der Waals surface area (Å²) in [4.78, 5) is 13.1. The molecule has 8 heteroatoms. The number of hydrogen-bond acceptors (Lipinski definition) is 7. The van der Waals surface area contributed by atoms with Crippen molar-refractivity contribution < 1.29 is 13.9 Å². The number of nitrogens with two attached hydrogens (primary N) is 1. The first-order chi connectivity index (χ1) is 9.22. The predicted octanol–water partition coefficient (Wildman–Crippen LogP) is -0.740. The summed E-state index contributed by atoms with van der Waals surface area (Å²) in [6, 6.07) is 0.0274. The molecule has 8 nitrogen and oxygen atoms in total. The molecule has 0 spiro atoms. The lowest BCUT2D eigenvalue weighted by atomic mass is 10.2. The molecule has 0 aliphatic carbocycles. The van der Waals surface area contributed by atoms with Gasteiger partial charge in [0.15, 0.2) is 0 Å². The minimum atomic E-state index is -0.351. The normalized spacial score (nSPS) is 19.0. The number of nitrogens with one attached hydrogen (secondary N) is 1. The summed E-state index contributed by atoms with van der Waals surface area (Å²) in [5.74, 6) is 0.136. The highest BCUT2D eigenvalue weighted by atomic mass is 16.5. The average molecular weight is 269 g/mol. The van der Waals surface area contributed by atoms with E-state index in [0.717, 1.165) is 12.8 Å². The maximum Gasteiger partial charge on any atom is 0.318 e. The number of amides is 1. The number of methoxy groups -OCH3 is 1. The van der Waals surface area contributed by atoms with Gasteiger partial charge in [0.1, 0.15) is 6.04 Å². The van der Waals surface area contributed by atoms with Crippen molar-refractivity contribution in [2.45, 2.75) is 25.4 Å². The number of hydrogen-bond donors (Lipinski definition) is 2. The van der Waals surface area contributed by atoms with Crippen molar-refractivity contribution >= 4 is 11.9 Å². The number of ether oxygens (including phenoxy) is 1. The van der Waals surface area contributed by atoms with Gasteiger partial charge in [-0.2, -0.15) is 0 Å². The molecule has 0 saturated carbocycles. The summed E-state index contributed by atoms with van der Waals surface area (Å²) in [6.07, 6.45) is 1.64. The fourth-order valence-corrected chi connectivity index (χ4v) is 2.09. The topological polar surface area (TPSA) is 107 Å². The summed E-state index contributed by atoms with van der Waals surface area (Å²) < 4.78 is 10.4. The SMILES string of the molecule is COCCNCc1nnc(N2CCCC2C(N)=O)o1. The maximum absolute atomic E-state index is 11.3. The Bertz CT molecular complexity index is 422. The highest BCUT2D eigenvalue weighted by Crippen LogP contribution is 2.23. The Kier molecular flexibility index (Phi) is 4.69. The molecule has 1 amide bonds. The van der Waals surface area contributed by atoms with E-state index in [-0.39, 0.29) is 11.9 Å². The first-order valence-electron chi connectivity index (χ1n) is 6.30. The van der Waals surface area contributed by atoms with E-state index in [1.54, 1.807) is 12.0 Å². The van der Waals surface area contributed by atoms with Gasteiger partial charge in [0, 0.05) is 20.2 Å². The molecule has 3 N–H and O–H groups in total. The van der Waals surface area contributed by atoms with Crippen molar-refractivity contribution in [1.82, 2.24) is 15.5 Å². The Hall–Kier alpha value is -1.67. The summed E-state index contributed by atoms with van der Waals surface area (Å²) in [5, 5.41) is 11.0. The van der Waals surface area contributed by atoms with Crippen LogP contribution in [0, 0.1) is 0 Å². The van der Waals surface area contributed by atoms with Crippen LogP contribution in [-0.2, 0) is 16.1 Å². The predicted molar refractivity (Wildman–Crippen MR) is 67.4 cm³/mol. The molecule has 1 fully saturated rings. The van der Waals surface area contributed by atoms with E-state index >= 15 is 0 Å². The van der Waals surface area contributed by atoms with Crippen LogP contribution in [-0.4, -0.2) is 49.0 Å². The van der Waals surface area contributed by atoms with Gasteiger partial charge in [0.05, 0.1) is 13.2 Å². The fraction of sp³-hybridized carbons (Fsp3) is 0.727. The number of nitrogens with zero attached hydrogens (tertiary/aromatic N) is 3. The monoisotopic (exact) mass is 269 g/mol. The van der Waals surface area contributed by atoms with Gasteiger partial charge in [-0.25, -0.2) is 0 Å². The Balaban J connectivity index is 1.91.